The number of rotatable bonds is 4. The lowest BCUT2D eigenvalue weighted by Gasteiger charge is -2.43. The standard InChI is InChI=1S/C19H32O8/c1-10(26-17-16(24)15(23)14(22)12(9-20)27-17)5-6-13-18(2,3)7-11(21)8-19(13,4)25/h5,10-12,14-17,20-25H,7-9H2,1-4H3/t6?,10-,11+,12+,14-,15-,16+,17-,19-/m1/s1. The fourth-order valence-electron chi connectivity index (χ4n) is 4.04. The van der Waals surface area contributed by atoms with Crippen molar-refractivity contribution in [1.29, 1.82) is 0 Å². The summed E-state index contributed by atoms with van der Waals surface area (Å²) < 4.78 is 10.9. The molecule has 1 heterocycles. The lowest BCUT2D eigenvalue weighted by atomic mass is 9.65. The van der Waals surface area contributed by atoms with E-state index in [1.54, 1.807) is 19.9 Å². The van der Waals surface area contributed by atoms with Crippen LogP contribution >= 0.6 is 0 Å². The van der Waals surface area contributed by atoms with Gasteiger partial charge in [-0.1, -0.05) is 13.8 Å². The van der Waals surface area contributed by atoms with Crippen LogP contribution in [0.1, 0.15) is 40.5 Å². The molecule has 2 fully saturated rings. The number of ether oxygens (including phenoxy) is 2. The molecule has 1 saturated heterocycles. The molecule has 0 aromatic carbocycles. The van der Waals surface area contributed by atoms with E-state index in [2.05, 4.69) is 5.73 Å². The predicted molar refractivity (Wildman–Crippen MR) is 95.6 cm³/mol. The normalized spacial score (nSPS) is 43.1. The zero-order chi connectivity index (χ0) is 20.6. The van der Waals surface area contributed by atoms with Crippen molar-refractivity contribution in [2.24, 2.45) is 5.41 Å². The van der Waals surface area contributed by atoms with Crippen molar-refractivity contribution < 1.29 is 40.1 Å². The summed E-state index contributed by atoms with van der Waals surface area (Å²) in [4.78, 5) is 0. The Balaban J connectivity index is 2.16. The number of aliphatic hydroxyl groups is 6. The molecule has 0 aromatic heterocycles. The topological polar surface area (TPSA) is 140 Å². The molecule has 0 unspecified atom stereocenters. The van der Waals surface area contributed by atoms with E-state index in [0.29, 0.717) is 12.0 Å². The van der Waals surface area contributed by atoms with Crippen LogP contribution in [0.2, 0.25) is 0 Å². The molecule has 8 nitrogen and oxygen atoms in total. The zero-order valence-electron chi connectivity index (χ0n) is 16.2. The van der Waals surface area contributed by atoms with Gasteiger partial charge in [0.1, 0.15) is 24.4 Å². The van der Waals surface area contributed by atoms with E-state index < -0.39 is 60.5 Å². The molecular weight excluding hydrogens is 356 g/mol. The van der Waals surface area contributed by atoms with Crippen LogP contribution in [-0.4, -0.2) is 85.8 Å². The van der Waals surface area contributed by atoms with Crippen LogP contribution in [0, 0.1) is 5.41 Å². The van der Waals surface area contributed by atoms with E-state index in [9.17, 15) is 30.6 Å². The molecule has 0 bridgehead atoms. The molecule has 1 aliphatic carbocycles. The monoisotopic (exact) mass is 388 g/mol. The van der Waals surface area contributed by atoms with Crippen LogP contribution in [0.3, 0.4) is 0 Å². The number of hydrogen-bond acceptors (Lipinski definition) is 8. The van der Waals surface area contributed by atoms with Gasteiger partial charge < -0.3 is 40.1 Å². The van der Waals surface area contributed by atoms with Gasteiger partial charge in [-0.2, -0.15) is 0 Å². The lowest BCUT2D eigenvalue weighted by molar-refractivity contribution is -0.306. The molecule has 0 radical (unpaired) electrons. The Bertz CT molecular complexity index is 558. The quantitative estimate of drug-likeness (QED) is 0.344. The van der Waals surface area contributed by atoms with Gasteiger partial charge in [0.15, 0.2) is 6.29 Å². The Hall–Kier alpha value is -0.800. The van der Waals surface area contributed by atoms with E-state index in [0.717, 1.165) is 0 Å². The van der Waals surface area contributed by atoms with Gasteiger partial charge in [0, 0.05) is 12.0 Å². The fraction of sp³-hybridized carbons (Fsp3) is 0.842. The highest BCUT2D eigenvalue weighted by atomic mass is 16.7. The summed E-state index contributed by atoms with van der Waals surface area (Å²) in [5.41, 5.74) is 2.06. The van der Waals surface area contributed by atoms with E-state index in [-0.39, 0.29) is 6.42 Å². The average molecular weight is 388 g/mol. The van der Waals surface area contributed by atoms with Crippen molar-refractivity contribution in [3.63, 3.8) is 0 Å². The second-order valence-corrected chi connectivity index (χ2v) is 8.44. The van der Waals surface area contributed by atoms with Crippen molar-refractivity contribution in [2.75, 3.05) is 6.61 Å². The maximum absolute atomic E-state index is 10.7. The van der Waals surface area contributed by atoms with Gasteiger partial charge in [-0.3, -0.25) is 0 Å². The summed E-state index contributed by atoms with van der Waals surface area (Å²) in [6.45, 7) is 6.62. The Morgan fingerprint density at radius 3 is 2.33 bits per heavy atom. The highest BCUT2D eigenvalue weighted by Gasteiger charge is 2.45. The maximum Gasteiger partial charge on any atom is 0.187 e. The van der Waals surface area contributed by atoms with Gasteiger partial charge >= 0.3 is 0 Å². The first-order valence-electron chi connectivity index (χ1n) is 9.23. The van der Waals surface area contributed by atoms with E-state index >= 15 is 0 Å². The first-order chi connectivity index (χ1) is 12.4. The molecular formula is C19H32O8. The van der Waals surface area contributed by atoms with E-state index in [1.165, 1.54) is 0 Å². The number of aliphatic hydroxyl groups excluding tert-OH is 5. The molecule has 6 N–H and O–H groups in total. The van der Waals surface area contributed by atoms with Crippen LogP contribution in [0.15, 0.2) is 17.4 Å². The molecule has 8 atom stereocenters. The second-order valence-electron chi connectivity index (χ2n) is 8.44. The molecule has 0 aromatic rings. The molecule has 2 aliphatic rings. The minimum Gasteiger partial charge on any atom is -0.394 e. The summed E-state index contributed by atoms with van der Waals surface area (Å²) in [6, 6.07) is 0. The van der Waals surface area contributed by atoms with E-state index in [4.69, 9.17) is 9.47 Å². The third kappa shape index (κ3) is 4.98. The van der Waals surface area contributed by atoms with Crippen molar-refractivity contribution >= 4 is 0 Å². The first-order valence-corrected chi connectivity index (χ1v) is 9.23. The van der Waals surface area contributed by atoms with Crippen LogP contribution in [0.25, 0.3) is 0 Å². The molecule has 8 heteroatoms. The smallest absolute Gasteiger partial charge is 0.187 e. The molecule has 27 heavy (non-hydrogen) atoms. The Morgan fingerprint density at radius 2 is 1.78 bits per heavy atom. The summed E-state index contributed by atoms with van der Waals surface area (Å²) >= 11 is 0. The first kappa shape index (κ1) is 22.5. The Morgan fingerprint density at radius 1 is 1.15 bits per heavy atom. The van der Waals surface area contributed by atoms with E-state index in [1.807, 2.05) is 13.8 Å². The number of hydrogen-bond donors (Lipinski definition) is 6. The fourth-order valence-corrected chi connectivity index (χ4v) is 4.04. The predicted octanol–water partition coefficient (Wildman–Crippen LogP) is -0.795. The Kier molecular flexibility index (Phi) is 6.90. The van der Waals surface area contributed by atoms with Crippen molar-refractivity contribution in [3.05, 3.63) is 17.4 Å². The summed E-state index contributed by atoms with van der Waals surface area (Å²) in [6.07, 6.45) is -5.60. The SMILES string of the molecule is C[C@H](C=C=C1C(C)(C)C[C@H](O)C[C@@]1(C)O)O[C@@H]1O[C@@H](CO)[C@@H](O)[C@@H](O)[C@@H]1O. The van der Waals surface area contributed by atoms with Gasteiger partial charge in [0.2, 0.25) is 0 Å². The molecule has 0 spiro atoms. The van der Waals surface area contributed by atoms with Crippen molar-refractivity contribution in [3.8, 4) is 0 Å². The largest absolute Gasteiger partial charge is 0.394 e. The molecule has 1 saturated carbocycles. The van der Waals surface area contributed by atoms with Gasteiger partial charge in [-0.15, -0.1) is 5.73 Å². The van der Waals surface area contributed by atoms with Crippen LogP contribution in [0.5, 0.6) is 0 Å². The average Bonchev–Trinajstić information content (AvgIpc) is 2.52. The second kappa shape index (κ2) is 8.29. The van der Waals surface area contributed by atoms with Gasteiger partial charge in [0.05, 0.1) is 24.4 Å². The molecule has 2 rings (SSSR count). The molecule has 1 aliphatic heterocycles. The summed E-state index contributed by atoms with van der Waals surface area (Å²) in [5.74, 6) is 0. The summed E-state index contributed by atoms with van der Waals surface area (Å²) in [7, 11) is 0. The van der Waals surface area contributed by atoms with Crippen LogP contribution in [0.4, 0.5) is 0 Å². The molecule has 156 valence electrons. The van der Waals surface area contributed by atoms with Gasteiger partial charge in [0.25, 0.3) is 0 Å². The third-order valence-electron chi connectivity index (χ3n) is 5.25. The van der Waals surface area contributed by atoms with Crippen LogP contribution < -0.4 is 0 Å². The maximum atomic E-state index is 10.7. The Labute approximate surface area is 159 Å². The summed E-state index contributed by atoms with van der Waals surface area (Å²) in [5, 5.41) is 59.5. The van der Waals surface area contributed by atoms with Crippen molar-refractivity contribution in [2.45, 2.75) is 89.1 Å². The van der Waals surface area contributed by atoms with Gasteiger partial charge in [-0.25, -0.2) is 0 Å². The minimum atomic E-state index is -1.50. The zero-order valence-corrected chi connectivity index (χ0v) is 16.2. The van der Waals surface area contributed by atoms with Crippen molar-refractivity contribution in [1.82, 2.24) is 0 Å². The minimum absolute atomic E-state index is 0.217. The van der Waals surface area contributed by atoms with Gasteiger partial charge in [-0.05, 0) is 31.8 Å². The van der Waals surface area contributed by atoms with Crippen LogP contribution in [-0.2, 0) is 9.47 Å². The highest BCUT2D eigenvalue weighted by Crippen LogP contribution is 2.45. The lowest BCUT2D eigenvalue weighted by Crippen LogP contribution is -2.59. The third-order valence-corrected chi connectivity index (χ3v) is 5.25. The molecule has 0 amide bonds. The highest BCUT2D eigenvalue weighted by molar-refractivity contribution is 5.26.